The van der Waals surface area contributed by atoms with E-state index >= 15 is 0 Å². The van der Waals surface area contributed by atoms with Crippen LogP contribution in [-0.4, -0.2) is 78.3 Å². The minimum Gasteiger partial charge on any atom is -0.478 e. The number of ether oxygens (including phenoxy) is 1. The summed E-state index contributed by atoms with van der Waals surface area (Å²) in [5, 5.41) is 51.3. The molecule has 0 bridgehead atoms. The maximum absolute atomic E-state index is 12.2. The van der Waals surface area contributed by atoms with Crippen LogP contribution < -0.4 is 5.32 Å². The summed E-state index contributed by atoms with van der Waals surface area (Å²) < 4.78 is 6.97. The van der Waals surface area contributed by atoms with Crippen LogP contribution in [0.4, 0.5) is 0 Å². The van der Waals surface area contributed by atoms with E-state index in [1.54, 1.807) is 0 Å². The molecule has 5 atom stereocenters. The molecule has 1 amide bonds. The van der Waals surface area contributed by atoms with E-state index in [0.29, 0.717) is 11.4 Å². The number of carbonyl (C=O) groups excluding carboxylic acids is 1. The Hall–Kier alpha value is -4.06. The van der Waals surface area contributed by atoms with Gasteiger partial charge in [-0.25, -0.2) is 9.48 Å². The number of aliphatic hydroxyl groups is 3. The summed E-state index contributed by atoms with van der Waals surface area (Å²) in [4.78, 5) is 24.1. The summed E-state index contributed by atoms with van der Waals surface area (Å²) in [6, 6.07) is 16.4. The molecule has 2 heterocycles. The number of hydrogen-bond acceptors (Lipinski definition) is 8. The Labute approximate surface area is 206 Å². The van der Waals surface area contributed by atoms with Gasteiger partial charge in [-0.1, -0.05) is 65.9 Å². The Morgan fingerprint density at radius 1 is 1.06 bits per heavy atom. The molecule has 1 aliphatic heterocycles. The fourth-order valence-corrected chi connectivity index (χ4v) is 4.23. The van der Waals surface area contributed by atoms with E-state index < -0.39 is 54.6 Å². The maximum Gasteiger partial charge on any atom is 0.370 e. The highest BCUT2D eigenvalue weighted by atomic mass is 16.5. The van der Waals surface area contributed by atoms with Gasteiger partial charge < -0.3 is 30.5 Å². The molecule has 1 unspecified atom stereocenters. The van der Waals surface area contributed by atoms with E-state index in [1.807, 2.05) is 60.7 Å². The lowest BCUT2D eigenvalue weighted by Crippen LogP contribution is -2.58. The van der Waals surface area contributed by atoms with Crippen LogP contribution in [0.3, 0.4) is 0 Å². The number of aromatic nitrogens is 3. The number of carboxylic acids is 1. The van der Waals surface area contributed by atoms with E-state index in [4.69, 9.17) is 4.74 Å². The largest absolute Gasteiger partial charge is 0.478 e. The van der Waals surface area contributed by atoms with Gasteiger partial charge in [0.1, 0.15) is 30.0 Å². The number of carboxylic acid groups (broad SMARTS) is 1. The minimum absolute atomic E-state index is 0.485. The second-order valence-corrected chi connectivity index (χ2v) is 8.34. The van der Waals surface area contributed by atoms with Crippen LogP contribution in [0.25, 0.3) is 22.5 Å². The highest BCUT2D eigenvalue weighted by Crippen LogP contribution is 2.36. The molecule has 1 aromatic heterocycles. The molecule has 11 nitrogen and oxygen atoms in total. The predicted molar refractivity (Wildman–Crippen MR) is 127 cm³/mol. The first kappa shape index (κ1) is 25.0. The van der Waals surface area contributed by atoms with Gasteiger partial charge in [-0.3, -0.25) is 4.79 Å². The van der Waals surface area contributed by atoms with Crippen molar-refractivity contribution in [3.05, 3.63) is 72.5 Å². The first-order valence-electron chi connectivity index (χ1n) is 11.2. The Kier molecular flexibility index (Phi) is 7.44. The summed E-state index contributed by atoms with van der Waals surface area (Å²) in [6.45, 7) is 0.454. The van der Waals surface area contributed by atoms with Crippen LogP contribution in [0.15, 0.2) is 72.5 Å². The third-order valence-electron chi connectivity index (χ3n) is 5.88. The third kappa shape index (κ3) is 4.98. The number of benzene rings is 2. The van der Waals surface area contributed by atoms with Gasteiger partial charge in [0.2, 0.25) is 11.7 Å². The second-order valence-electron chi connectivity index (χ2n) is 8.34. The molecule has 4 rings (SSSR count). The van der Waals surface area contributed by atoms with Crippen molar-refractivity contribution in [3.63, 3.8) is 0 Å². The first-order valence-corrected chi connectivity index (χ1v) is 11.2. The fraction of sp³-hybridized carbons (Fsp3) is 0.280. The number of carbonyl (C=O) groups is 2. The lowest BCUT2D eigenvalue weighted by Gasteiger charge is -2.40. The number of hydrogen-bond donors (Lipinski definition) is 5. The van der Waals surface area contributed by atoms with Crippen molar-refractivity contribution in [1.82, 2.24) is 20.3 Å². The van der Waals surface area contributed by atoms with Crippen molar-refractivity contribution >= 4 is 11.9 Å². The van der Waals surface area contributed by atoms with Gasteiger partial charge in [-0.2, -0.15) is 0 Å². The standard InChI is InChI=1S/C25H26N4O7/c1-14(31)26-21-17(12-19(25(34)35)36-24(21)23(33)18(32)13-30)29-22(16-10-6-3-7-11-16)20(27-28-29)15-8-4-2-5-9-15/h2-12,17-18,21,23-24,30,32-33H,13H2,1H3,(H,26,31)(H,34,35)/t17-,18?,21+,23+,24+/m0/s1. The van der Waals surface area contributed by atoms with Gasteiger partial charge in [0, 0.05) is 18.1 Å². The SMILES string of the molecule is CC(=O)N[C@H]1[C@H]([C@H](O)C(O)CO)OC(C(=O)O)=C[C@@H]1n1nnc(-c2ccccc2)c1-c1ccccc1. The summed E-state index contributed by atoms with van der Waals surface area (Å²) in [5.41, 5.74) is 2.56. The molecule has 0 saturated carbocycles. The van der Waals surface area contributed by atoms with Gasteiger partial charge in [0.15, 0.2) is 0 Å². The van der Waals surface area contributed by atoms with Crippen molar-refractivity contribution in [2.75, 3.05) is 6.61 Å². The topological polar surface area (TPSA) is 167 Å². The summed E-state index contributed by atoms with van der Waals surface area (Å²) in [6.07, 6.45) is -3.53. The fourth-order valence-electron chi connectivity index (χ4n) is 4.23. The van der Waals surface area contributed by atoms with Crippen LogP contribution in [-0.2, 0) is 14.3 Å². The first-order chi connectivity index (χ1) is 17.3. The Balaban J connectivity index is 1.93. The molecule has 2 aromatic carbocycles. The molecule has 5 N–H and O–H groups in total. The molecule has 36 heavy (non-hydrogen) atoms. The Morgan fingerprint density at radius 2 is 1.67 bits per heavy atom. The van der Waals surface area contributed by atoms with Crippen molar-refractivity contribution in [2.45, 2.75) is 37.3 Å². The lowest BCUT2D eigenvalue weighted by molar-refractivity contribution is -0.147. The molecule has 0 radical (unpaired) electrons. The zero-order chi connectivity index (χ0) is 25.8. The normalized spacial score (nSPS) is 21.1. The van der Waals surface area contributed by atoms with Gasteiger partial charge in [-0.15, -0.1) is 5.10 Å². The van der Waals surface area contributed by atoms with Crippen molar-refractivity contribution in [2.24, 2.45) is 0 Å². The van der Waals surface area contributed by atoms with Crippen LogP contribution in [0, 0.1) is 0 Å². The zero-order valence-electron chi connectivity index (χ0n) is 19.3. The van der Waals surface area contributed by atoms with E-state index in [2.05, 4.69) is 15.6 Å². The minimum atomic E-state index is -1.73. The average molecular weight is 495 g/mol. The maximum atomic E-state index is 12.2. The van der Waals surface area contributed by atoms with Gasteiger partial charge >= 0.3 is 5.97 Å². The number of nitrogens with zero attached hydrogens (tertiary/aromatic N) is 3. The molecule has 0 aliphatic carbocycles. The summed E-state index contributed by atoms with van der Waals surface area (Å²) in [7, 11) is 0. The van der Waals surface area contributed by atoms with Crippen LogP contribution >= 0.6 is 0 Å². The Morgan fingerprint density at radius 3 is 2.22 bits per heavy atom. The van der Waals surface area contributed by atoms with Gasteiger partial charge in [0.25, 0.3) is 0 Å². The quantitative estimate of drug-likeness (QED) is 0.303. The van der Waals surface area contributed by atoms with E-state index in [9.17, 15) is 30.0 Å². The van der Waals surface area contributed by atoms with Crippen LogP contribution in [0.5, 0.6) is 0 Å². The summed E-state index contributed by atoms with van der Waals surface area (Å²) >= 11 is 0. The number of amides is 1. The molecular formula is C25H26N4O7. The lowest BCUT2D eigenvalue weighted by atomic mass is 9.91. The van der Waals surface area contributed by atoms with Gasteiger partial charge in [0.05, 0.1) is 18.3 Å². The van der Waals surface area contributed by atoms with Crippen molar-refractivity contribution in [3.8, 4) is 22.5 Å². The van der Waals surface area contributed by atoms with Gasteiger partial charge in [-0.05, 0) is 6.08 Å². The monoisotopic (exact) mass is 494 g/mol. The van der Waals surface area contributed by atoms with Crippen LogP contribution in [0.1, 0.15) is 13.0 Å². The van der Waals surface area contributed by atoms with Crippen molar-refractivity contribution in [1.29, 1.82) is 0 Å². The molecule has 1 aliphatic rings. The van der Waals surface area contributed by atoms with Crippen LogP contribution in [0.2, 0.25) is 0 Å². The zero-order valence-corrected chi connectivity index (χ0v) is 19.3. The Bertz CT molecular complexity index is 1250. The highest BCUT2D eigenvalue weighted by Gasteiger charge is 2.45. The predicted octanol–water partition coefficient (Wildman–Crippen LogP) is 0.739. The number of nitrogens with one attached hydrogen (secondary N) is 1. The van der Waals surface area contributed by atoms with Crippen molar-refractivity contribution < 1.29 is 34.8 Å². The molecule has 0 fully saturated rings. The third-order valence-corrected chi connectivity index (χ3v) is 5.88. The second kappa shape index (κ2) is 10.7. The van der Waals surface area contributed by atoms with E-state index in [1.165, 1.54) is 17.7 Å². The molecule has 0 saturated heterocycles. The summed E-state index contributed by atoms with van der Waals surface area (Å²) in [5.74, 6) is -2.41. The number of aliphatic carboxylic acids is 1. The smallest absolute Gasteiger partial charge is 0.370 e. The molecule has 11 heteroatoms. The molecule has 3 aromatic rings. The number of aliphatic hydroxyl groups excluding tert-OH is 3. The molecule has 188 valence electrons. The number of rotatable bonds is 8. The molecule has 0 spiro atoms. The van der Waals surface area contributed by atoms with E-state index in [-0.39, 0.29) is 0 Å². The highest BCUT2D eigenvalue weighted by molar-refractivity contribution is 5.85. The van der Waals surface area contributed by atoms with E-state index in [0.717, 1.165) is 11.1 Å². The average Bonchev–Trinajstić information content (AvgIpc) is 3.33. The molecular weight excluding hydrogens is 468 g/mol.